The van der Waals surface area contributed by atoms with E-state index in [1.807, 2.05) is 36.0 Å². The van der Waals surface area contributed by atoms with E-state index < -0.39 is 40.3 Å². The number of fused-ring (bicyclic) bond motifs is 1. The normalized spacial score (nSPS) is 22.2. The molecule has 0 aromatic heterocycles. The molecule has 0 radical (unpaired) electrons. The average Bonchev–Trinajstić information content (AvgIpc) is 2.82. The number of carbonyl (C=O) groups is 1. The molecule has 35 heavy (non-hydrogen) atoms. The molecule has 1 saturated heterocycles. The van der Waals surface area contributed by atoms with Crippen molar-refractivity contribution in [3.05, 3.63) is 36.4 Å². The third kappa shape index (κ3) is 6.49. The van der Waals surface area contributed by atoms with Gasteiger partial charge in [-0.15, -0.1) is 0 Å². The second kappa shape index (κ2) is 11.6. The number of nitrogens with zero attached hydrogens (tertiary/aromatic N) is 2. The fourth-order valence-electron chi connectivity index (χ4n) is 4.45. The van der Waals surface area contributed by atoms with Gasteiger partial charge >= 0.3 is 5.97 Å². The number of carbonyl (C=O) groups excluding carboxylic acids is 1. The number of hydrogen-bond acceptors (Lipinski definition) is 9. The van der Waals surface area contributed by atoms with Crippen molar-refractivity contribution < 1.29 is 33.3 Å². The van der Waals surface area contributed by atoms with Crippen molar-refractivity contribution in [2.75, 3.05) is 45.7 Å². The van der Waals surface area contributed by atoms with Gasteiger partial charge in [0.15, 0.2) is 0 Å². The molecular formula is C24H35N3O7S. The lowest BCUT2D eigenvalue weighted by Crippen LogP contribution is -2.55. The van der Waals surface area contributed by atoms with Crippen LogP contribution >= 0.6 is 0 Å². The molecule has 2 aromatic carbocycles. The molecule has 4 N–H and O–H groups in total. The zero-order chi connectivity index (χ0) is 25.8. The van der Waals surface area contributed by atoms with Crippen molar-refractivity contribution in [1.29, 1.82) is 0 Å². The first-order chi connectivity index (χ1) is 16.5. The molecule has 1 unspecified atom stereocenters. The first-order valence-electron chi connectivity index (χ1n) is 11.6. The number of anilines is 1. The Morgan fingerprint density at radius 3 is 2.34 bits per heavy atom. The van der Waals surface area contributed by atoms with E-state index in [2.05, 4.69) is 4.72 Å². The monoisotopic (exact) mass is 509 g/mol. The van der Waals surface area contributed by atoms with Crippen LogP contribution in [0.1, 0.15) is 19.3 Å². The van der Waals surface area contributed by atoms with E-state index in [9.17, 15) is 28.5 Å². The highest BCUT2D eigenvalue weighted by molar-refractivity contribution is 7.89. The number of sulfonamides is 1. The number of aliphatic hydroxyl groups is 3. The van der Waals surface area contributed by atoms with E-state index in [1.165, 1.54) is 13.2 Å². The van der Waals surface area contributed by atoms with Crippen LogP contribution < -0.4 is 9.62 Å². The van der Waals surface area contributed by atoms with Crippen LogP contribution in [0, 0.1) is 0 Å². The van der Waals surface area contributed by atoms with Crippen LogP contribution in [0.4, 0.5) is 5.69 Å². The summed E-state index contributed by atoms with van der Waals surface area (Å²) in [4.78, 5) is 16.2. The molecule has 4 atom stereocenters. The lowest BCUT2D eigenvalue weighted by atomic mass is 10.0. The minimum atomic E-state index is -4.04. The second-order valence-corrected chi connectivity index (χ2v) is 10.8. The molecule has 2 aromatic rings. The largest absolute Gasteiger partial charge is 0.468 e. The molecule has 11 heteroatoms. The average molecular weight is 510 g/mol. The second-order valence-electron chi connectivity index (χ2n) is 9.10. The van der Waals surface area contributed by atoms with Gasteiger partial charge in [0, 0.05) is 43.6 Å². The number of ether oxygens (including phenoxy) is 1. The Hall–Kier alpha value is -2.28. The van der Waals surface area contributed by atoms with Crippen molar-refractivity contribution in [3.63, 3.8) is 0 Å². The quantitative estimate of drug-likeness (QED) is 0.263. The number of methoxy groups -OCH3 is 1. The Labute approximate surface area is 206 Å². The topological polar surface area (TPSA) is 140 Å². The number of nitrogens with one attached hydrogen (secondary N) is 1. The number of benzene rings is 2. The number of aliphatic hydroxyl groups excluding tert-OH is 3. The van der Waals surface area contributed by atoms with Gasteiger partial charge in [-0.25, -0.2) is 8.42 Å². The number of β-amino-alcohol motifs (C(OH)–C–C–N with tert-alkyl or cyclic N) is 2. The van der Waals surface area contributed by atoms with E-state index in [-0.39, 0.29) is 24.4 Å². The SMILES string of the molecule is COC(=O)[C@H](CCCCN1C[C@@H](O)C(O)[C@@H](O)C1)NS(=O)(=O)c1cccc2c(N(C)C)cccc12. The summed E-state index contributed by atoms with van der Waals surface area (Å²) in [5.74, 6) is -0.672. The first kappa shape index (κ1) is 27.3. The summed E-state index contributed by atoms with van der Waals surface area (Å²) >= 11 is 0. The minimum Gasteiger partial charge on any atom is -0.468 e. The van der Waals surface area contributed by atoms with Crippen molar-refractivity contribution in [2.24, 2.45) is 0 Å². The van der Waals surface area contributed by atoms with Crippen LogP contribution in [0.15, 0.2) is 41.3 Å². The Balaban J connectivity index is 1.69. The van der Waals surface area contributed by atoms with Crippen molar-refractivity contribution in [1.82, 2.24) is 9.62 Å². The van der Waals surface area contributed by atoms with Gasteiger partial charge in [-0.1, -0.05) is 24.3 Å². The third-order valence-electron chi connectivity index (χ3n) is 6.31. The maximum atomic E-state index is 13.3. The molecule has 0 bridgehead atoms. The van der Waals surface area contributed by atoms with E-state index in [4.69, 9.17) is 4.74 Å². The standard InChI is InChI=1S/C24H35N3O7S/c1-26(2)19-11-6-9-17-16(19)8-7-12-22(17)35(32,33)25-18(24(31)34-3)10-4-5-13-27-14-20(28)23(30)21(29)15-27/h6-9,11-12,18,20-21,23,25,28-30H,4-5,10,13-15H2,1-3H3/t18-,20-,21+,23?/m0/s1. The summed E-state index contributed by atoms with van der Waals surface area (Å²) in [6.07, 6.45) is -1.88. The van der Waals surface area contributed by atoms with Gasteiger partial charge in [-0.2, -0.15) is 4.72 Å². The maximum Gasteiger partial charge on any atom is 0.323 e. The van der Waals surface area contributed by atoms with Gasteiger partial charge in [0.1, 0.15) is 12.1 Å². The van der Waals surface area contributed by atoms with Gasteiger partial charge in [0.2, 0.25) is 10.0 Å². The number of hydrogen-bond donors (Lipinski definition) is 4. The van der Waals surface area contributed by atoms with Crippen LogP contribution in [-0.2, 0) is 19.6 Å². The summed E-state index contributed by atoms with van der Waals surface area (Å²) in [7, 11) is 0.947. The Morgan fingerprint density at radius 1 is 1.09 bits per heavy atom. The first-order valence-corrected chi connectivity index (χ1v) is 13.1. The highest BCUT2D eigenvalue weighted by atomic mass is 32.2. The van der Waals surface area contributed by atoms with Gasteiger partial charge < -0.3 is 25.0 Å². The summed E-state index contributed by atoms with van der Waals surface area (Å²) in [6, 6.07) is 9.43. The summed E-state index contributed by atoms with van der Waals surface area (Å²) in [5.41, 5.74) is 0.879. The highest BCUT2D eigenvalue weighted by Crippen LogP contribution is 2.30. The fourth-order valence-corrected chi connectivity index (χ4v) is 5.89. The van der Waals surface area contributed by atoms with Gasteiger partial charge in [0.05, 0.1) is 24.2 Å². The molecular weight excluding hydrogens is 474 g/mol. The van der Waals surface area contributed by atoms with E-state index in [0.717, 1.165) is 11.1 Å². The molecule has 0 amide bonds. The number of piperidine rings is 1. The van der Waals surface area contributed by atoms with E-state index in [0.29, 0.717) is 24.8 Å². The lowest BCUT2D eigenvalue weighted by molar-refractivity contribution is -0.142. The third-order valence-corrected chi connectivity index (χ3v) is 7.84. The van der Waals surface area contributed by atoms with Gasteiger partial charge in [-0.05, 0) is 37.9 Å². The zero-order valence-electron chi connectivity index (χ0n) is 20.3. The summed E-state index contributed by atoms with van der Waals surface area (Å²) in [6.45, 7) is 1.00. The molecule has 194 valence electrons. The van der Waals surface area contributed by atoms with Crippen molar-refractivity contribution in [3.8, 4) is 0 Å². The number of esters is 1. The highest BCUT2D eigenvalue weighted by Gasteiger charge is 2.33. The predicted octanol–water partition coefficient (Wildman–Crippen LogP) is 0.294. The molecule has 0 aliphatic carbocycles. The van der Waals surface area contributed by atoms with E-state index >= 15 is 0 Å². The Bertz CT molecular complexity index is 1110. The van der Waals surface area contributed by atoms with Crippen molar-refractivity contribution in [2.45, 2.75) is 48.5 Å². The molecule has 0 saturated carbocycles. The number of likely N-dealkylation sites (tertiary alicyclic amines) is 1. The summed E-state index contributed by atoms with van der Waals surface area (Å²) in [5, 5.41) is 30.7. The van der Waals surface area contributed by atoms with E-state index in [1.54, 1.807) is 18.2 Å². The Morgan fingerprint density at radius 2 is 1.71 bits per heavy atom. The fraction of sp³-hybridized carbons (Fsp3) is 0.542. The van der Waals surface area contributed by atoms with Crippen LogP contribution in [0.25, 0.3) is 10.8 Å². The zero-order valence-corrected chi connectivity index (χ0v) is 21.1. The molecule has 0 spiro atoms. The maximum absolute atomic E-state index is 13.3. The Kier molecular flexibility index (Phi) is 9.08. The molecule has 1 aliphatic heterocycles. The van der Waals surface area contributed by atoms with Crippen LogP contribution in [-0.4, -0.2) is 99.8 Å². The van der Waals surface area contributed by atoms with Crippen LogP contribution in [0.5, 0.6) is 0 Å². The van der Waals surface area contributed by atoms with Crippen molar-refractivity contribution >= 4 is 32.5 Å². The van der Waals surface area contributed by atoms with Gasteiger partial charge in [0.25, 0.3) is 0 Å². The molecule has 1 heterocycles. The predicted molar refractivity (Wildman–Crippen MR) is 133 cm³/mol. The minimum absolute atomic E-state index is 0.0856. The summed E-state index contributed by atoms with van der Waals surface area (Å²) < 4.78 is 34.0. The lowest BCUT2D eigenvalue weighted by Gasteiger charge is -2.36. The number of unbranched alkanes of at least 4 members (excludes halogenated alkanes) is 1. The van der Waals surface area contributed by atoms with Crippen LogP contribution in [0.3, 0.4) is 0 Å². The molecule has 3 rings (SSSR count). The number of rotatable bonds is 10. The molecule has 10 nitrogen and oxygen atoms in total. The molecule has 1 aliphatic rings. The smallest absolute Gasteiger partial charge is 0.323 e. The molecule has 1 fully saturated rings. The van der Waals surface area contributed by atoms with Crippen LogP contribution in [0.2, 0.25) is 0 Å². The van der Waals surface area contributed by atoms with Gasteiger partial charge in [-0.3, -0.25) is 9.69 Å².